The Hall–Kier alpha value is -2.30. The molecule has 0 radical (unpaired) electrons. The van der Waals surface area contributed by atoms with Crippen LogP contribution in [0.5, 0.6) is 0 Å². The van der Waals surface area contributed by atoms with Crippen LogP contribution < -0.4 is 10.2 Å². The maximum atomic E-state index is 13.3. The van der Waals surface area contributed by atoms with Gasteiger partial charge in [-0.1, -0.05) is 0 Å². The number of alkyl halides is 3. The number of carbonyl (C=O) groups is 1. The second kappa shape index (κ2) is 7.39. The number of fused-ring (bicyclic) bond motifs is 3. The summed E-state index contributed by atoms with van der Waals surface area (Å²) in [6, 6.07) is 3.27. The highest BCUT2D eigenvalue weighted by Crippen LogP contribution is 2.45. The molecule has 31 heavy (non-hydrogen) atoms. The highest BCUT2D eigenvalue weighted by molar-refractivity contribution is 6.08. The van der Waals surface area contributed by atoms with Crippen molar-refractivity contribution in [1.82, 2.24) is 5.32 Å². The Morgan fingerprint density at radius 2 is 1.94 bits per heavy atom. The van der Waals surface area contributed by atoms with Gasteiger partial charge in [0.1, 0.15) is 11.7 Å². The molecule has 2 fully saturated rings. The van der Waals surface area contributed by atoms with Crippen molar-refractivity contribution in [3.63, 3.8) is 0 Å². The number of hydrogen-bond donors (Lipinski definition) is 2. The lowest BCUT2D eigenvalue weighted by Crippen LogP contribution is -2.44. The summed E-state index contributed by atoms with van der Waals surface area (Å²) in [5.41, 5.74) is -0.521. The lowest BCUT2D eigenvalue weighted by molar-refractivity contribution is -0.145. The molecule has 1 spiro atoms. The molecule has 2 aliphatic heterocycles. The molecule has 3 aliphatic rings. The van der Waals surface area contributed by atoms with Gasteiger partial charge in [-0.3, -0.25) is 4.79 Å². The quantitative estimate of drug-likeness (QED) is 0.761. The van der Waals surface area contributed by atoms with Crippen molar-refractivity contribution in [1.29, 1.82) is 0 Å². The number of benzene rings is 1. The van der Waals surface area contributed by atoms with Crippen molar-refractivity contribution in [2.24, 2.45) is 0 Å². The molecule has 0 bridgehead atoms. The second-order valence-corrected chi connectivity index (χ2v) is 8.53. The molecule has 10 heteroatoms. The number of rotatable bonds is 4. The van der Waals surface area contributed by atoms with Crippen LogP contribution in [0.3, 0.4) is 0 Å². The second-order valence-electron chi connectivity index (χ2n) is 8.53. The van der Waals surface area contributed by atoms with Gasteiger partial charge in [-0.05, 0) is 37.5 Å². The Bertz CT molecular complexity index is 993. The van der Waals surface area contributed by atoms with Gasteiger partial charge in [-0.15, -0.1) is 0 Å². The molecular weight excluding hydrogens is 417 g/mol. The number of carbonyl (C=O) groups excluding carboxylic acids is 1. The van der Waals surface area contributed by atoms with Crippen LogP contribution in [0.2, 0.25) is 0 Å². The van der Waals surface area contributed by atoms with Gasteiger partial charge < -0.3 is 29.2 Å². The van der Waals surface area contributed by atoms with Crippen LogP contribution in [0.25, 0.3) is 11.0 Å². The van der Waals surface area contributed by atoms with Crippen molar-refractivity contribution in [3.05, 3.63) is 29.5 Å². The average Bonchev–Trinajstić information content (AvgIpc) is 3.40. The van der Waals surface area contributed by atoms with Crippen LogP contribution >= 0.6 is 0 Å². The third-order valence-corrected chi connectivity index (χ3v) is 6.20. The van der Waals surface area contributed by atoms with Crippen molar-refractivity contribution in [3.8, 4) is 0 Å². The molecule has 2 aromatic rings. The van der Waals surface area contributed by atoms with Gasteiger partial charge in [0.15, 0.2) is 0 Å². The predicted molar refractivity (Wildman–Crippen MR) is 104 cm³/mol. The molecule has 1 saturated carbocycles. The summed E-state index contributed by atoms with van der Waals surface area (Å²) in [5.74, 6) is -0.359. The van der Waals surface area contributed by atoms with E-state index in [4.69, 9.17) is 19.0 Å². The molecule has 1 amide bonds. The van der Waals surface area contributed by atoms with Crippen LogP contribution in [0.4, 0.5) is 18.9 Å². The van der Waals surface area contributed by atoms with E-state index >= 15 is 0 Å². The number of halogens is 3. The number of amides is 1. The van der Waals surface area contributed by atoms with E-state index in [-0.39, 0.29) is 41.1 Å². The van der Waals surface area contributed by atoms with Crippen LogP contribution in [-0.2, 0) is 15.7 Å². The minimum Gasteiger partial charge on any atom is -0.449 e. The van der Waals surface area contributed by atoms with Crippen molar-refractivity contribution in [2.45, 2.75) is 43.2 Å². The van der Waals surface area contributed by atoms with Gasteiger partial charge in [0.2, 0.25) is 5.76 Å². The fourth-order valence-corrected chi connectivity index (χ4v) is 4.29. The molecule has 1 aliphatic carbocycles. The molecule has 0 unspecified atom stereocenters. The fraction of sp³-hybridized carbons (Fsp3) is 0.571. The number of furan rings is 1. The summed E-state index contributed by atoms with van der Waals surface area (Å²) in [6.45, 7) is 1.47. The molecule has 7 nitrogen and oxygen atoms in total. The summed E-state index contributed by atoms with van der Waals surface area (Å²) in [5, 5.41) is 12.4. The van der Waals surface area contributed by atoms with Gasteiger partial charge in [0.25, 0.3) is 5.91 Å². The number of hydrogen-bond acceptors (Lipinski definition) is 6. The Labute approximate surface area is 176 Å². The van der Waals surface area contributed by atoms with Crippen molar-refractivity contribution < 1.29 is 37.0 Å². The zero-order chi connectivity index (χ0) is 21.8. The summed E-state index contributed by atoms with van der Waals surface area (Å²) < 4.78 is 57.0. The third kappa shape index (κ3) is 3.88. The monoisotopic (exact) mass is 440 g/mol. The van der Waals surface area contributed by atoms with E-state index in [0.717, 1.165) is 25.0 Å². The maximum absolute atomic E-state index is 13.3. The number of anilines is 1. The van der Waals surface area contributed by atoms with E-state index in [1.165, 1.54) is 6.07 Å². The summed E-state index contributed by atoms with van der Waals surface area (Å²) in [6.07, 6.45) is -2.84. The van der Waals surface area contributed by atoms with Gasteiger partial charge in [0, 0.05) is 18.5 Å². The minimum atomic E-state index is -4.50. The number of ether oxygens (including phenoxy) is 2. The van der Waals surface area contributed by atoms with E-state index in [2.05, 4.69) is 5.32 Å². The van der Waals surface area contributed by atoms with E-state index in [1.54, 1.807) is 0 Å². The van der Waals surface area contributed by atoms with Crippen molar-refractivity contribution in [2.75, 3.05) is 37.8 Å². The normalized spacial score (nSPS) is 25.4. The van der Waals surface area contributed by atoms with E-state index in [0.29, 0.717) is 38.4 Å². The molecular formula is C21H23F3N2O5. The lowest BCUT2D eigenvalue weighted by Gasteiger charge is -2.32. The Balaban J connectivity index is 1.47. The standard InChI is InChI=1S/C21H23F3N2O5/c22-21(23,24)12-1-2-16-15(7-12)17-18(31-16)19(28)25-20(4-5-20)11-26(17)6-3-13-9-30-14(8-27)10-29-13/h1-2,7,13-14,27H,3-6,8-11H2,(H,25,28)/t13-,14-/m1/s1. The first-order valence-electron chi connectivity index (χ1n) is 10.3. The third-order valence-electron chi connectivity index (χ3n) is 6.20. The molecule has 1 aromatic carbocycles. The summed E-state index contributed by atoms with van der Waals surface area (Å²) in [7, 11) is 0. The highest BCUT2D eigenvalue weighted by atomic mass is 19.4. The molecule has 1 aromatic heterocycles. The average molecular weight is 440 g/mol. The first-order valence-corrected chi connectivity index (χ1v) is 10.3. The smallest absolute Gasteiger partial charge is 0.416 e. The zero-order valence-electron chi connectivity index (χ0n) is 16.7. The number of aliphatic hydroxyl groups excluding tert-OH is 1. The van der Waals surface area contributed by atoms with Crippen LogP contribution in [0.15, 0.2) is 22.6 Å². The molecule has 168 valence electrons. The Morgan fingerprint density at radius 1 is 1.19 bits per heavy atom. The first kappa shape index (κ1) is 20.6. The first-order chi connectivity index (χ1) is 14.8. The zero-order valence-corrected chi connectivity index (χ0v) is 16.7. The van der Waals surface area contributed by atoms with Crippen LogP contribution in [-0.4, -0.2) is 61.7 Å². The molecule has 2 N–H and O–H groups in total. The van der Waals surface area contributed by atoms with Gasteiger partial charge in [-0.2, -0.15) is 13.2 Å². The Morgan fingerprint density at radius 3 is 2.58 bits per heavy atom. The number of nitrogens with zero attached hydrogens (tertiary/aromatic N) is 1. The largest absolute Gasteiger partial charge is 0.449 e. The maximum Gasteiger partial charge on any atom is 0.416 e. The Kier molecular flexibility index (Phi) is 4.91. The fourth-order valence-electron chi connectivity index (χ4n) is 4.29. The molecule has 3 heterocycles. The van der Waals surface area contributed by atoms with Crippen LogP contribution in [0, 0.1) is 0 Å². The van der Waals surface area contributed by atoms with E-state index < -0.39 is 17.6 Å². The lowest BCUT2D eigenvalue weighted by atomic mass is 10.1. The van der Waals surface area contributed by atoms with Crippen LogP contribution in [0.1, 0.15) is 35.4 Å². The van der Waals surface area contributed by atoms with E-state index in [1.807, 2.05) is 4.90 Å². The van der Waals surface area contributed by atoms with Gasteiger partial charge in [-0.25, -0.2) is 0 Å². The summed E-state index contributed by atoms with van der Waals surface area (Å²) >= 11 is 0. The minimum absolute atomic E-state index is 0.0410. The van der Waals surface area contributed by atoms with Crippen molar-refractivity contribution >= 4 is 22.6 Å². The van der Waals surface area contributed by atoms with E-state index in [9.17, 15) is 18.0 Å². The van der Waals surface area contributed by atoms with Gasteiger partial charge in [0.05, 0.1) is 42.7 Å². The topological polar surface area (TPSA) is 84.2 Å². The number of aliphatic hydroxyl groups is 1. The molecule has 5 rings (SSSR count). The highest BCUT2D eigenvalue weighted by Gasteiger charge is 2.49. The molecule has 2 atom stereocenters. The number of nitrogens with one attached hydrogen (secondary N) is 1. The SMILES string of the molecule is O=C1NC2(CC2)CN(CC[C@@H]2CO[C@H](CO)CO2)c2c1oc1ccc(C(F)(F)F)cc21. The molecule has 1 saturated heterocycles. The van der Waals surface area contributed by atoms with Gasteiger partial charge >= 0.3 is 6.18 Å². The summed E-state index contributed by atoms with van der Waals surface area (Å²) in [4.78, 5) is 14.7. The predicted octanol–water partition coefficient (Wildman–Crippen LogP) is 2.70.